The average Bonchev–Trinajstić information content (AvgIpc) is 2.59. The number of likely N-dealkylation sites (tertiary alicyclic amines) is 1. The number of anilines is 1. The molecule has 2 aliphatic heterocycles. The van der Waals surface area contributed by atoms with Crippen molar-refractivity contribution in [2.24, 2.45) is 5.92 Å². The van der Waals surface area contributed by atoms with Gasteiger partial charge in [0.05, 0.1) is 17.9 Å². The van der Waals surface area contributed by atoms with Crippen LogP contribution in [0.4, 0.5) is 5.69 Å². The fourth-order valence-electron chi connectivity index (χ4n) is 3.80. The van der Waals surface area contributed by atoms with E-state index < -0.39 is 21.9 Å². The van der Waals surface area contributed by atoms with Gasteiger partial charge >= 0.3 is 5.97 Å². The molecule has 7 nitrogen and oxygen atoms in total. The van der Waals surface area contributed by atoms with E-state index in [9.17, 15) is 23.1 Å². The molecular formula is C18H24N2O5S. The predicted molar refractivity (Wildman–Crippen MR) is 97.8 cm³/mol. The van der Waals surface area contributed by atoms with E-state index >= 15 is 0 Å². The highest BCUT2D eigenvalue weighted by molar-refractivity contribution is 7.92. The lowest BCUT2D eigenvalue weighted by Crippen LogP contribution is -2.47. The first-order chi connectivity index (χ1) is 12.2. The lowest BCUT2D eigenvalue weighted by atomic mass is 9.92. The van der Waals surface area contributed by atoms with Crippen molar-refractivity contribution in [3.63, 3.8) is 0 Å². The molecule has 2 heterocycles. The van der Waals surface area contributed by atoms with E-state index in [1.54, 1.807) is 23.1 Å². The van der Waals surface area contributed by atoms with Crippen LogP contribution in [0.2, 0.25) is 0 Å². The van der Waals surface area contributed by atoms with Gasteiger partial charge < -0.3 is 10.0 Å². The number of fused-ring (bicyclic) bond motifs is 1. The molecule has 1 N–H and O–H groups in total. The van der Waals surface area contributed by atoms with Crippen LogP contribution < -0.4 is 4.31 Å². The molecule has 26 heavy (non-hydrogen) atoms. The van der Waals surface area contributed by atoms with Crippen LogP contribution in [-0.2, 0) is 21.2 Å². The molecule has 1 aromatic carbocycles. The third-order valence-electron chi connectivity index (χ3n) is 5.29. The molecule has 2 atom stereocenters. The number of amides is 1. The Morgan fingerprint density at radius 3 is 2.62 bits per heavy atom. The lowest BCUT2D eigenvalue weighted by molar-refractivity contribution is -0.143. The van der Waals surface area contributed by atoms with E-state index in [1.165, 1.54) is 10.6 Å². The van der Waals surface area contributed by atoms with Crippen molar-refractivity contribution in [3.05, 3.63) is 29.3 Å². The number of nitrogens with zero attached hydrogens (tertiary/aromatic N) is 2. The summed E-state index contributed by atoms with van der Waals surface area (Å²) in [5, 5.41) is 9.26. The van der Waals surface area contributed by atoms with Gasteiger partial charge in [-0.2, -0.15) is 0 Å². The van der Waals surface area contributed by atoms with Gasteiger partial charge in [0.15, 0.2) is 0 Å². The monoisotopic (exact) mass is 380 g/mol. The van der Waals surface area contributed by atoms with Crippen LogP contribution in [0.1, 0.15) is 42.1 Å². The van der Waals surface area contributed by atoms with E-state index in [0.717, 1.165) is 12.0 Å². The minimum atomic E-state index is -3.35. The van der Waals surface area contributed by atoms with Gasteiger partial charge in [0.2, 0.25) is 10.0 Å². The Labute approximate surface area is 153 Å². The molecule has 0 spiro atoms. The number of benzene rings is 1. The molecule has 2 unspecified atom stereocenters. The summed E-state index contributed by atoms with van der Waals surface area (Å²) >= 11 is 0. The van der Waals surface area contributed by atoms with Crippen molar-refractivity contribution in [2.45, 2.75) is 38.6 Å². The van der Waals surface area contributed by atoms with Gasteiger partial charge in [0, 0.05) is 24.7 Å². The van der Waals surface area contributed by atoms with E-state index in [2.05, 4.69) is 0 Å². The molecular weight excluding hydrogens is 356 g/mol. The number of carboxylic acid groups (broad SMARTS) is 1. The summed E-state index contributed by atoms with van der Waals surface area (Å²) in [5.74, 6) is -1.60. The molecule has 1 fully saturated rings. The quantitative estimate of drug-likeness (QED) is 0.862. The normalized spacial score (nSPS) is 23.5. The van der Waals surface area contributed by atoms with Crippen LogP contribution in [0.5, 0.6) is 0 Å². The largest absolute Gasteiger partial charge is 0.481 e. The van der Waals surface area contributed by atoms with Crippen molar-refractivity contribution in [2.75, 3.05) is 23.7 Å². The summed E-state index contributed by atoms with van der Waals surface area (Å²) in [7, 11) is -3.35. The maximum Gasteiger partial charge on any atom is 0.308 e. The number of rotatable bonds is 3. The van der Waals surface area contributed by atoms with Crippen molar-refractivity contribution in [3.8, 4) is 0 Å². The van der Waals surface area contributed by atoms with Crippen molar-refractivity contribution in [1.29, 1.82) is 0 Å². The van der Waals surface area contributed by atoms with Crippen molar-refractivity contribution >= 4 is 27.6 Å². The molecule has 142 valence electrons. The Kier molecular flexibility index (Phi) is 4.96. The molecule has 2 aliphatic rings. The molecule has 0 saturated carbocycles. The Hall–Kier alpha value is -2.09. The zero-order valence-electron chi connectivity index (χ0n) is 15.0. The molecule has 0 radical (unpaired) electrons. The molecule has 1 aromatic rings. The summed E-state index contributed by atoms with van der Waals surface area (Å²) in [6.45, 7) is 2.59. The van der Waals surface area contributed by atoms with Crippen LogP contribution >= 0.6 is 0 Å². The average molecular weight is 380 g/mol. The number of hydrogen-bond acceptors (Lipinski definition) is 4. The second kappa shape index (κ2) is 6.90. The summed E-state index contributed by atoms with van der Waals surface area (Å²) < 4.78 is 25.3. The Morgan fingerprint density at radius 1 is 1.23 bits per heavy atom. The summed E-state index contributed by atoms with van der Waals surface area (Å²) in [6, 6.07) is 5.07. The minimum Gasteiger partial charge on any atom is -0.481 e. The first-order valence-electron chi connectivity index (χ1n) is 8.83. The highest BCUT2D eigenvalue weighted by atomic mass is 32.2. The number of piperidine rings is 1. The van der Waals surface area contributed by atoms with Crippen LogP contribution in [-0.4, -0.2) is 55.7 Å². The predicted octanol–water partition coefficient (Wildman–Crippen LogP) is 1.72. The fraction of sp³-hybridized carbons (Fsp3) is 0.556. The summed E-state index contributed by atoms with van der Waals surface area (Å²) in [4.78, 5) is 25.9. The summed E-state index contributed by atoms with van der Waals surface area (Å²) in [5.41, 5.74) is 1.95. The third-order valence-corrected chi connectivity index (χ3v) is 6.47. The number of aryl methyl sites for hydroxylation is 1. The maximum absolute atomic E-state index is 12.9. The first kappa shape index (κ1) is 18.7. The first-order valence-corrected chi connectivity index (χ1v) is 10.7. The number of carbonyl (C=O) groups excluding carboxylic acids is 1. The van der Waals surface area contributed by atoms with Gasteiger partial charge in [0.25, 0.3) is 5.91 Å². The topological polar surface area (TPSA) is 95.0 Å². The molecule has 8 heteroatoms. The molecule has 0 bridgehead atoms. The van der Waals surface area contributed by atoms with E-state index in [-0.39, 0.29) is 18.5 Å². The Bertz CT molecular complexity index is 836. The second-order valence-electron chi connectivity index (χ2n) is 7.20. The number of carboxylic acids is 1. The number of aliphatic carboxylic acids is 1. The number of carbonyl (C=O) groups is 2. The van der Waals surface area contributed by atoms with Gasteiger partial charge in [-0.05, 0) is 56.4 Å². The van der Waals surface area contributed by atoms with Gasteiger partial charge in [-0.15, -0.1) is 0 Å². The molecule has 0 aromatic heterocycles. The second-order valence-corrected chi connectivity index (χ2v) is 9.11. The number of hydrogen-bond donors (Lipinski definition) is 1. The van der Waals surface area contributed by atoms with Crippen LogP contribution in [0.15, 0.2) is 18.2 Å². The molecule has 1 amide bonds. The maximum atomic E-state index is 12.9. The highest BCUT2D eigenvalue weighted by Gasteiger charge is 2.33. The van der Waals surface area contributed by atoms with Gasteiger partial charge in [-0.25, -0.2) is 8.42 Å². The third kappa shape index (κ3) is 3.56. The van der Waals surface area contributed by atoms with Gasteiger partial charge in [-0.1, -0.05) is 0 Å². The fourth-order valence-corrected chi connectivity index (χ4v) is 4.79. The van der Waals surface area contributed by atoms with E-state index in [4.69, 9.17) is 0 Å². The minimum absolute atomic E-state index is 0.0124. The summed E-state index contributed by atoms with van der Waals surface area (Å²) in [6.07, 6.45) is 3.85. The smallest absolute Gasteiger partial charge is 0.308 e. The Morgan fingerprint density at radius 2 is 1.96 bits per heavy atom. The van der Waals surface area contributed by atoms with Gasteiger partial charge in [-0.3, -0.25) is 13.9 Å². The molecule has 0 aliphatic carbocycles. The lowest BCUT2D eigenvalue weighted by Gasteiger charge is -2.37. The highest BCUT2D eigenvalue weighted by Crippen LogP contribution is 2.31. The van der Waals surface area contributed by atoms with Crippen LogP contribution in [0.3, 0.4) is 0 Å². The van der Waals surface area contributed by atoms with E-state index in [0.29, 0.717) is 37.1 Å². The van der Waals surface area contributed by atoms with Crippen LogP contribution in [0, 0.1) is 5.92 Å². The van der Waals surface area contributed by atoms with E-state index in [1.807, 2.05) is 6.92 Å². The zero-order valence-corrected chi connectivity index (χ0v) is 15.8. The van der Waals surface area contributed by atoms with Gasteiger partial charge in [0.1, 0.15) is 0 Å². The molecule has 1 saturated heterocycles. The SMILES string of the molecule is CC1CCC(C(=O)O)CN1C(=O)c1ccc2c(c1)CCCN2S(C)(=O)=O. The van der Waals surface area contributed by atoms with Crippen LogP contribution in [0.25, 0.3) is 0 Å². The zero-order chi connectivity index (χ0) is 19.1. The van der Waals surface area contributed by atoms with Crippen molar-refractivity contribution in [1.82, 2.24) is 4.90 Å². The van der Waals surface area contributed by atoms with Crippen molar-refractivity contribution < 1.29 is 23.1 Å². The molecule has 3 rings (SSSR count). The Balaban J connectivity index is 1.88. The standard InChI is InChI=1S/C18H24N2O5S/c1-12-5-6-15(18(22)23)11-19(12)17(21)14-7-8-16-13(10-14)4-3-9-20(16)26(2,24)25/h7-8,10,12,15H,3-6,9,11H2,1-2H3,(H,22,23). The number of sulfonamides is 1.